The number of methoxy groups -OCH3 is 1. The molecule has 4 aromatic rings. The number of thiazole rings is 1. The Labute approximate surface area is 195 Å². The largest absolute Gasteiger partial charge is 0.497 e. The second kappa shape index (κ2) is 9.03. The fourth-order valence-corrected chi connectivity index (χ4v) is 4.06. The molecule has 0 spiro atoms. The number of nitrogens with zero attached hydrogens (tertiary/aromatic N) is 2. The third kappa shape index (κ3) is 5.04. The minimum Gasteiger partial charge on any atom is -0.497 e. The van der Waals surface area contributed by atoms with Gasteiger partial charge in [0.1, 0.15) is 11.4 Å². The quantitative estimate of drug-likeness (QED) is 0.495. The summed E-state index contributed by atoms with van der Waals surface area (Å²) in [6.45, 7) is 5.55. The summed E-state index contributed by atoms with van der Waals surface area (Å²) in [5.41, 5.74) is 2.61. The number of carbonyl (C=O) groups is 1. The molecule has 0 amide bonds. The lowest BCUT2D eigenvalue weighted by molar-refractivity contribution is -0.119. The molecule has 0 atom stereocenters. The number of benzene rings is 2. The van der Waals surface area contributed by atoms with E-state index in [4.69, 9.17) is 9.84 Å². The normalized spacial score (nSPS) is 12.8. The van der Waals surface area contributed by atoms with Gasteiger partial charge in [0.25, 0.3) is 5.56 Å². The van der Waals surface area contributed by atoms with Crippen molar-refractivity contribution in [2.45, 2.75) is 20.8 Å². The average Bonchev–Trinajstić information content (AvgIpc) is 3.37. The summed E-state index contributed by atoms with van der Waals surface area (Å²) in [6, 6.07) is 17.4. The Morgan fingerprint density at radius 1 is 1.09 bits per heavy atom. The predicted octanol–water partition coefficient (Wildman–Crippen LogP) is 3.52. The Hall–Kier alpha value is -3.71. The van der Waals surface area contributed by atoms with Crippen LogP contribution in [-0.2, 0) is 4.79 Å². The van der Waals surface area contributed by atoms with E-state index in [1.807, 2.05) is 87.6 Å². The molecule has 0 saturated carbocycles. The molecular formula is C26H25N3O3S. The van der Waals surface area contributed by atoms with Crippen molar-refractivity contribution >= 4 is 29.3 Å². The average molecular weight is 460 g/mol. The first kappa shape index (κ1) is 22.5. The van der Waals surface area contributed by atoms with Gasteiger partial charge < -0.3 is 9.72 Å². The molecule has 2 aromatic heterocycles. The molecule has 6 nitrogen and oxygen atoms in total. The number of hydrogen-bond acceptors (Lipinski definition) is 5. The zero-order valence-corrected chi connectivity index (χ0v) is 19.8. The first-order valence-electron chi connectivity index (χ1n) is 10.5. The number of para-hydroxylation sites is 1. The van der Waals surface area contributed by atoms with Crippen molar-refractivity contribution in [3.63, 3.8) is 0 Å². The summed E-state index contributed by atoms with van der Waals surface area (Å²) < 4.78 is 8.11. The SMILES string of the molecule is COc1ccc(-c2nn(-c3ccccc3)cc2/C=c2\s/c(=C\C(=O)C(C)(C)C)[nH]c2=O)cc1. The number of aromatic nitrogens is 3. The van der Waals surface area contributed by atoms with Gasteiger partial charge in [-0.2, -0.15) is 5.10 Å². The summed E-state index contributed by atoms with van der Waals surface area (Å²) in [5.74, 6) is 0.715. The highest BCUT2D eigenvalue weighted by Gasteiger charge is 2.19. The van der Waals surface area contributed by atoms with E-state index >= 15 is 0 Å². The van der Waals surface area contributed by atoms with Gasteiger partial charge in [-0.25, -0.2) is 4.68 Å². The highest BCUT2D eigenvalue weighted by molar-refractivity contribution is 7.07. The fraction of sp³-hybridized carbons (Fsp3) is 0.192. The molecule has 0 saturated heterocycles. The molecule has 33 heavy (non-hydrogen) atoms. The number of Topliss-reactive ketones (excluding diaryl/α,β-unsaturated/α-hetero) is 1. The topological polar surface area (TPSA) is 77.0 Å². The molecule has 0 aliphatic carbocycles. The molecule has 168 valence electrons. The van der Waals surface area contributed by atoms with E-state index in [-0.39, 0.29) is 11.3 Å². The van der Waals surface area contributed by atoms with Crippen LogP contribution in [-0.4, -0.2) is 27.7 Å². The number of aromatic amines is 1. The summed E-state index contributed by atoms with van der Waals surface area (Å²) in [7, 11) is 1.63. The molecule has 0 aliphatic rings. The van der Waals surface area contributed by atoms with Crippen LogP contribution in [0.15, 0.2) is 65.6 Å². The van der Waals surface area contributed by atoms with Gasteiger partial charge in [0.2, 0.25) is 0 Å². The van der Waals surface area contributed by atoms with Crippen molar-refractivity contribution in [1.29, 1.82) is 0 Å². The maximum absolute atomic E-state index is 12.6. The van der Waals surface area contributed by atoms with Crippen LogP contribution in [0.5, 0.6) is 5.75 Å². The number of nitrogens with one attached hydrogen (secondary N) is 1. The lowest BCUT2D eigenvalue weighted by atomic mass is 9.91. The summed E-state index contributed by atoms with van der Waals surface area (Å²) >= 11 is 1.26. The molecule has 2 aromatic carbocycles. The van der Waals surface area contributed by atoms with Gasteiger partial charge in [-0.3, -0.25) is 9.59 Å². The van der Waals surface area contributed by atoms with Crippen molar-refractivity contribution in [1.82, 2.24) is 14.8 Å². The van der Waals surface area contributed by atoms with Crippen LogP contribution < -0.4 is 19.5 Å². The Kier molecular flexibility index (Phi) is 6.16. The number of H-pyrrole nitrogens is 1. The van der Waals surface area contributed by atoms with Crippen molar-refractivity contribution in [3.8, 4) is 22.7 Å². The zero-order valence-electron chi connectivity index (χ0n) is 19.0. The smallest absolute Gasteiger partial charge is 0.266 e. The van der Waals surface area contributed by atoms with Crippen LogP contribution in [0.3, 0.4) is 0 Å². The third-order valence-corrected chi connectivity index (χ3v) is 6.06. The lowest BCUT2D eigenvalue weighted by Gasteiger charge is -2.12. The molecule has 4 rings (SSSR count). The van der Waals surface area contributed by atoms with Crippen LogP contribution in [0.25, 0.3) is 29.1 Å². The molecule has 0 unspecified atom stereocenters. The molecule has 1 N–H and O–H groups in total. The predicted molar refractivity (Wildman–Crippen MR) is 132 cm³/mol. The number of rotatable bonds is 5. The second-order valence-electron chi connectivity index (χ2n) is 8.63. The van der Waals surface area contributed by atoms with E-state index in [1.54, 1.807) is 11.8 Å². The van der Waals surface area contributed by atoms with E-state index in [0.717, 1.165) is 28.3 Å². The van der Waals surface area contributed by atoms with Crippen LogP contribution in [0.4, 0.5) is 0 Å². The zero-order chi connectivity index (χ0) is 23.6. The second-order valence-corrected chi connectivity index (χ2v) is 9.71. The molecule has 0 radical (unpaired) electrons. The van der Waals surface area contributed by atoms with E-state index in [9.17, 15) is 9.59 Å². The van der Waals surface area contributed by atoms with Gasteiger partial charge >= 0.3 is 0 Å². The maximum Gasteiger partial charge on any atom is 0.266 e. The third-order valence-electron chi connectivity index (χ3n) is 5.10. The van der Waals surface area contributed by atoms with Crippen LogP contribution in [0, 0.1) is 5.41 Å². The van der Waals surface area contributed by atoms with Gasteiger partial charge in [0.05, 0.1) is 22.0 Å². The molecule has 0 fully saturated rings. The van der Waals surface area contributed by atoms with Gasteiger partial charge in [0, 0.05) is 28.8 Å². The standard InChI is InChI=1S/C26H25N3O3S/c1-26(2,3)22(30)15-23-27-25(31)21(33-23)14-18-16-29(19-8-6-5-7-9-19)28-24(18)17-10-12-20(32-4)13-11-17/h5-16H,1-4H3,(H,27,31)/b21-14-,23-15-. The summed E-state index contributed by atoms with van der Waals surface area (Å²) in [5, 5.41) is 4.79. The number of ether oxygens (including phenoxy) is 1. The molecule has 2 heterocycles. The Morgan fingerprint density at radius 3 is 2.42 bits per heavy atom. The highest BCUT2D eigenvalue weighted by Crippen LogP contribution is 2.26. The Balaban J connectivity index is 1.85. The Bertz CT molecular complexity index is 1450. The summed E-state index contributed by atoms with van der Waals surface area (Å²) in [6.07, 6.45) is 5.22. The van der Waals surface area contributed by atoms with Gasteiger partial charge in [0.15, 0.2) is 5.78 Å². The molecule has 7 heteroatoms. The van der Waals surface area contributed by atoms with Crippen molar-refractivity contribution < 1.29 is 9.53 Å². The first-order valence-corrected chi connectivity index (χ1v) is 11.3. The Morgan fingerprint density at radius 2 is 1.79 bits per heavy atom. The van der Waals surface area contributed by atoms with Crippen LogP contribution in [0.2, 0.25) is 0 Å². The molecule has 0 aliphatic heterocycles. The first-order chi connectivity index (χ1) is 15.7. The van der Waals surface area contributed by atoms with Gasteiger partial charge in [-0.1, -0.05) is 39.0 Å². The monoisotopic (exact) mass is 459 g/mol. The number of hydrogen-bond donors (Lipinski definition) is 1. The van der Waals surface area contributed by atoms with E-state index in [1.165, 1.54) is 17.4 Å². The number of ketones is 1. The molecule has 0 bridgehead atoms. The molecular weight excluding hydrogens is 434 g/mol. The van der Waals surface area contributed by atoms with E-state index in [0.29, 0.717) is 9.20 Å². The van der Waals surface area contributed by atoms with Crippen molar-refractivity contribution in [2.75, 3.05) is 7.11 Å². The van der Waals surface area contributed by atoms with Crippen molar-refractivity contribution in [2.24, 2.45) is 5.41 Å². The van der Waals surface area contributed by atoms with Gasteiger partial charge in [-0.05, 0) is 42.5 Å². The fourth-order valence-electron chi connectivity index (χ4n) is 3.18. The highest BCUT2D eigenvalue weighted by atomic mass is 32.1. The van der Waals surface area contributed by atoms with Crippen molar-refractivity contribution in [3.05, 3.63) is 85.9 Å². The lowest BCUT2D eigenvalue weighted by Crippen LogP contribution is -2.22. The minimum atomic E-state index is -0.511. The summed E-state index contributed by atoms with van der Waals surface area (Å²) in [4.78, 5) is 27.8. The van der Waals surface area contributed by atoms with Crippen LogP contribution in [0.1, 0.15) is 26.3 Å². The van der Waals surface area contributed by atoms with E-state index in [2.05, 4.69) is 4.98 Å². The number of carbonyl (C=O) groups excluding carboxylic acids is 1. The minimum absolute atomic E-state index is 0.0395. The maximum atomic E-state index is 12.6. The van der Waals surface area contributed by atoms with E-state index < -0.39 is 5.41 Å². The van der Waals surface area contributed by atoms with Gasteiger partial charge in [-0.15, -0.1) is 11.3 Å². The van der Waals surface area contributed by atoms with Crippen LogP contribution >= 0.6 is 11.3 Å².